The lowest BCUT2D eigenvalue weighted by Gasteiger charge is -2.05. The van der Waals surface area contributed by atoms with Crippen LogP contribution in [0, 0.1) is 0 Å². The zero-order valence-electron chi connectivity index (χ0n) is 14.8. The summed E-state index contributed by atoms with van der Waals surface area (Å²) >= 11 is 3.42. The number of benzene rings is 2. The third-order valence-electron chi connectivity index (χ3n) is 4.31. The molecule has 7 heteroatoms. The van der Waals surface area contributed by atoms with Gasteiger partial charge in [-0.2, -0.15) is 0 Å². The van der Waals surface area contributed by atoms with Crippen molar-refractivity contribution in [1.82, 2.24) is 4.57 Å². The molecular formula is C20H20BrN3O3. The quantitative estimate of drug-likeness (QED) is 0.524. The summed E-state index contributed by atoms with van der Waals surface area (Å²) in [5, 5.41) is 29.1. The molecule has 0 saturated carbocycles. The highest BCUT2D eigenvalue weighted by Crippen LogP contribution is 2.40. The molecule has 0 radical (unpaired) electrons. The lowest BCUT2D eigenvalue weighted by atomic mass is 10.1. The van der Waals surface area contributed by atoms with Gasteiger partial charge in [0, 0.05) is 16.4 Å². The number of unbranched alkanes of at least 4 members (excludes halogenated alkanes) is 1. The van der Waals surface area contributed by atoms with Crippen LogP contribution in [0.1, 0.15) is 31.4 Å². The molecule has 2 aromatic carbocycles. The average molecular weight is 430 g/mol. The molecule has 1 amide bonds. The van der Waals surface area contributed by atoms with Crippen molar-refractivity contribution in [3.05, 3.63) is 58.6 Å². The number of aromatic nitrogens is 1. The standard InChI is InChI=1S/C20H20BrN3O3/c1-2-3-11-24-16-10-9-14(21)12-15(16)17(20(24)27)22-23-19(26)18(25)13-7-5-4-6-8-13/h4-10,12,18,25,27H,2-3,11H2,1H3/t18-/m0/s1. The van der Waals surface area contributed by atoms with Crippen molar-refractivity contribution in [3.63, 3.8) is 0 Å². The fourth-order valence-corrected chi connectivity index (χ4v) is 3.23. The highest BCUT2D eigenvalue weighted by atomic mass is 79.9. The number of carbonyl (C=O) groups excluding carboxylic acids is 1. The van der Waals surface area contributed by atoms with Crippen molar-refractivity contribution >= 4 is 38.4 Å². The van der Waals surface area contributed by atoms with Gasteiger partial charge in [-0.3, -0.25) is 4.79 Å². The van der Waals surface area contributed by atoms with Crippen LogP contribution in [0.5, 0.6) is 5.88 Å². The van der Waals surface area contributed by atoms with E-state index in [-0.39, 0.29) is 11.6 Å². The van der Waals surface area contributed by atoms with Crippen LogP contribution in [0.2, 0.25) is 0 Å². The second kappa shape index (κ2) is 8.45. The molecule has 0 aliphatic carbocycles. The number of azo groups is 1. The number of hydrogen-bond acceptors (Lipinski definition) is 4. The Labute approximate surface area is 165 Å². The number of amides is 1. The van der Waals surface area contributed by atoms with Gasteiger partial charge < -0.3 is 14.8 Å². The molecule has 0 fully saturated rings. The molecule has 2 N–H and O–H groups in total. The molecule has 3 rings (SSSR count). The number of aliphatic hydroxyl groups is 1. The van der Waals surface area contributed by atoms with E-state index < -0.39 is 12.0 Å². The lowest BCUT2D eigenvalue weighted by Crippen LogP contribution is -2.08. The first kappa shape index (κ1) is 19.3. The molecule has 0 aliphatic heterocycles. The van der Waals surface area contributed by atoms with Crippen molar-refractivity contribution < 1.29 is 15.0 Å². The Bertz CT molecular complexity index is 983. The van der Waals surface area contributed by atoms with Gasteiger partial charge in [0.15, 0.2) is 11.8 Å². The smallest absolute Gasteiger partial charge is 0.297 e. The summed E-state index contributed by atoms with van der Waals surface area (Å²) in [5.74, 6) is -0.827. The van der Waals surface area contributed by atoms with Gasteiger partial charge in [-0.05, 0) is 30.2 Å². The fraction of sp³-hybridized carbons (Fsp3) is 0.250. The summed E-state index contributed by atoms with van der Waals surface area (Å²) in [7, 11) is 0. The van der Waals surface area contributed by atoms with Crippen LogP contribution in [0.4, 0.5) is 5.69 Å². The minimum Gasteiger partial charge on any atom is -0.493 e. The summed E-state index contributed by atoms with van der Waals surface area (Å²) in [5.41, 5.74) is 1.48. The number of aliphatic hydroxyl groups excluding tert-OH is 1. The van der Waals surface area contributed by atoms with Crippen LogP contribution >= 0.6 is 15.9 Å². The molecule has 27 heavy (non-hydrogen) atoms. The number of aryl methyl sites for hydroxylation is 1. The maximum absolute atomic E-state index is 12.2. The van der Waals surface area contributed by atoms with E-state index in [1.54, 1.807) is 34.9 Å². The number of halogens is 1. The first-order valence-corrected chi connectivity index (χ1v) is 9.51. The van der Waals surface area contributed by atoms with Crippen molar-refractivity contribution in [3.8, 4) is 5.88 Å². The van der Waals surface area contributed by atoms with Crippen molar-refractivity contribution in [2.45, 2.75) is 32.4 Å². The Morgan fingerprint density at radius 2 is 1.96 bits per heavy atom. The number of aromatic hydroxyl groups is 1. The summed E-state index contributed by atoms with van der Waals surface area (Å²) in [6, 6.07) is 14.1. The van der Waals surface area contributed by atoms with Gasteiger partial charge in [-0.1, -0.05) is 59.6 Å². The summed E-state index contributed by atoms with van der Waals surface area (Å²) in [6.45, 7) is 2.71. The van der Waals surface area contributed by atoms with Crippen LogP contribution in [0.25, 0.3) is 10.9 Å². The van der Waals surface area contributed by atoms with Crippen LogP contribution in [0.3, 0.4) is 0 Å². The second-order valence-electron chi connectivity index (χ2n) is 6.19. The molecule has 1 heterocycles. The van der Waals surface area contributed by atoms with Gasteiger partial charge in [0.1, 0.15) is 0 Å². The predicted molar refractivity (Wildman–Crippen MR) is 107 cm³/mol. The van der Waals surface area contributed by atoms with E-state index in [9.17, 15) is 15.0 Å². The molecule has 0 aliphatic rings. The van der Waals surface area contributed by atoms with E-state index in [1.165, 1.54) is 0 Å². The Kier molecular flexibility index (Phi) is 6.03. The van der Waals surface area contributed by atoms with Crippen molar-refractivity contribution in [2.24, 2.45) is 10.2 Å². The highest BCUT2D eigenvalue weighted by molar-refractivity contribution is 9.10. The Morgan fingerprint density at radius 3 is 2.67 bits per heavy atom. The molecule has 1 atom stereocenters. The van der Waals surface area contributed by atoms with Crippen LogP contribution < -0.4 is 0 Å². The van der Waals surface area contributed by atoms with Crippen LogP contribution in [-0.4, -0.2) is 20.7 Å². The molecular weight excluding hydrogens is 410 g/mol. The molecule has 0 saturated heterocycles. The molecule has 140 valence electrons. The van der Waals surface area contributed by atoms with Gasteiger partial charge >= 0.3 is 0 Å². The molecule has 0 unspecified atom stereocenters. The zero-order chi connectivity index (χ0) is 19.4. The maximum Gasteiger partial charge on any atom is 0.297 e. The monoisotopic (exact) mass is 429 g/mol. The third kappa shape index (κ3) is 4.09. The average Bonchev–Trinajstić information content (AvgIpc) is 2.94. The minimum absolute atomic E-state index is 0.0395. The number of rotatable bonds is 6. The van der Waals surface area contributed by atoms with Gasteiger partial charge in [0.2, 0.25) is 5.88 Å². The van der Waals surface area contributed by atoms with Crippen molar-refractivity contribution in [2.75, 3.05) is 0 Å². The normalized spacial score (nSPS) is 12.7. The first-order chi connectivity index (χ1) is 13.0. The van der Waals surface area contributed by atoms with E-state index >= 15 is 0 Å². The van der Waals surface area contributed by atoms with Crippen molar-refractivity contribution in [1.29, 1.82) is 0 Å². The number of hydrogen-bond donors (Lipinski definition) is 2. The summed E-state index contributed by atoms with van der Waals surface area (Å²) in [4.78, 5) is 12.2. The first-order valence-electron chi connectivity index (χ1n) is 8.72. The Hall–Kier alpha value is -2.51. The van der Waals surface area contributed by atoms with Gasteiger partial charge in [0.25, 0.3) is 5.91 Å². The maximum atomic E-state index is 12.2. The largest absolute Gasteiger partial charge is 0.493 e. The fourth-order valence-electron chi connectivity index (χ4n) is 2.87. The zero-order valence-corrected chi connectivity index (χ0v) is 16.4. The van der Waals surface area contributed by atoms with E-state index in [4.69, 9.17) is 0 Å². The highest BCUT2D eigenvalue weighted by Gasteiger charge is 2.20. The van der Waals surface area contributed by atoms with Gasteiger partial charge in [0.05, 0.1) is 5.52 Å². The molecule has 6 nitrogen and oxygen atoms in total. The topological polar surface area (TPSA) is 87.2 Å². The SMILES string of the molecule is CCCCn1c(O)c(N=NC(=O)[C@@H](O)c2ccccc2)c2cc(Br)ccc21. The molecule has 0 spiro atoms. The molecule has 1 aromatic heterocycles. The van der Waals surface area contributed by atoms with E-state index in [1.807, 2.05) is 18.2 Å². The van der Waals surface area contributed by atoms with E-state index in [0.29, 0.717) is 17.5 Å². The molecule has 0 bridgehead atoms. The predicted octanol–water partition coefficient (Wildman–Crippen LogP) is 5.25. The number of nitrogens with zero attached hydrogens (tertiary/aromatic N) is 3. The van der Waals surface area contributed by atoms with E-state index in [2.05, 4.69) is 33.1 Å². The number of carbonyl (C=O) groups is 1. The Morgan fingerprint density at radius 1 is 1.22 bits per heavy atom. The molecule has 3 aromatic rings. The van der Waals surface area contributed by atoms with Gasteiger partial charge in [-0.15, -0.1) is 10.2 Å². The van der Waals surface area contributed by atoms with Gasteiger partial charge in [-0.25, -0.2) is 0 Å². The second-order valence-corrected chi connectivity index (χ2v) is 7.11. The van der Waals surface area contributed by atoms with Crippen LogP contribution in [0.15, 0.2) is 63.2 Å². The number of fused-ring (bicyclic) bond motifs is 1. The summed E-state index contributed by atoms with van der Waals surface area (Å²) in [6.07, 6.45) is 0.487. The minimum atomic E-state index is -1.39. The lowest BCUT2D eigenvalue weighted by molar-refractivity contribution is -0.126. The summed E-state index contributed by atoms with van der Waals surface area (Å²) < 4.78 is 2.59. The third-order valence-corrected chi connectivity index (χ3v) is 4.80. The van der Waals surface area contributed by atoms with Crippen LogP contribution in [-0.2, 0) is 11.3 Å². The Balaban J connectivity index is 1.96. The van der Waals surface area contributed by atoms with E-state index in [0.717, 1.165) is 22.8 Å².